The lowest BCUT2D eigenvalue weighted by Gasteiger charge is -2.40. The molecule has 3 heteroatoms. The van der Waals surface area contributed by atoms with Crippen LogP contribution < -0.4 is 5.32 Å². The molecule has 1 N–H and O–H groups in total. The van der Waals surface area contributed by atoms with E-state index in [1.807, 2.05) is 11.8 Å². The monoisotopic (exact) mass is 250 g/mol. The predicted molar refractivity (Wildman–Crippen MR) is 76.6 cm³/mol. The Morgan fingerprint density at radius 3 is 2.88 bits per heavy atom. The van der Waals surface area contributed by atoms with Gasteiger partial charge in [0.25, 0.3) is 0 Å². The Hall–Kier alpha value is -0.510. The zero-order valence-corrected chi connectivity index (χ0v) is 11.5. The van der Waals surface area contributed by atoms with Crippen LogP contribution in [0.25, 0.3) is 0 Å². The molecule has 1 aliphatic rings. The van der Waals surface area contributed by atoms with E-state index in [1.165, 1.54) is 11.3 Å². The van der Waals surface area contributed by atoms with E-state index in [1.54, 1.807) is 0 Å². The van der Waals surface area contributed by atoms with Gasteiger partial charge in [-0.15, -0.1) is 0 Å². The molecule has 1 aromatic carbocycles. The fourth-order valence-corrected chi connectivity index (χ4v) is 3.24. The summed E-state index contributed by atoms with van der Waals surface area (Å²) in [5.41, 5.74) is 1.44. The van der Waals surface area contributed by atoms with E-state index < -0.39 is 0 Å². The highest BCUT2D eigenvalue weighted by Crippen LogP contribution is 2.25. The summed E-state index contributed by atoms with van der Waals surface area (Å²) in [4.78, 5) is 2.64. The minimum Gasteiger partial charge on any atom is -0.314 e. The maximum absolute atomic E-state index is 3.51. The fraction of sp³-hybridized carbons (Fsp3) is 0.571. The van der Waals surface area contributed by atoms with E-state index in [0.717, 1.165) is 19.6 Å². The second-order valence-electron chi connectivity index (χ2n) is 4.67. The SMILES string of the molecule is CSCC(C)N1CCNCC1c1ccccc1. The Morgan fingerprint density at radius 1 is 1.41 bits per heavy atom. The molecule has 0 bridgehead atoms. The summed E-state index contributed by atoms with van der Waals surface area (Å²) in [5, 5.41) is 3.51. The third-order valence-electron chi connectivity index (χ3n) is 3.44. The summed E-state index contributed by atoms with van der Waals surface area (Å²) < 4.78 is 0. The molecule has 1 aromatic rings. The van der Waals surface area contributed by atoms with Gasteiger partial charge in [-0.25, -0.2) is 0 Å². The molecule has 2 nitrogen and oxygen atoms in total. The lowest BCUT2D eigenvalue weighted by molar-refractivity contribution is 0.126. The first-order chi connectivity index (χ1) is 8.33. The molecule has 1 heterocycles. The second kappa shape index (κ2) is 6.43. The minimum absolute atomic E-state index is 0.534. The molecule has 0 aromatic heterocycles. The molecule has 1 fully saturated rings. The van der Waals surface area contributed by atoms with Gasteiger partial charge in [0.05, 0.1) is 0 Å². The fourth-order valence-electron chi connectivity index (χ4n) is 2.57. The van der Waals surface area contributed by atoms with Crippen molar-refractivity contribution in [3.05, 3.63) is 35.9 Å². The van der Waals surface area contributed by atoms with Crippen molar-refractivity contribution in [2.24, 2.45) is 0 Å². The van der Waals surface area contributed by atoms with Gasteiger partial charge in [-0.05, 0) is 18.7 Å². The van der Waals surface area contributed by atoms with Gasteiger partial charge in [0.1, 0.15) is 0 Å². The van der Waals surface area contributed by atoms with Crippen LogP contribution in [0.4, 0.5) is 0 Å². The number of nitrogens with zero attached hydrogens (tertiary/aromatic N) is 1. The first-order valence-electron chi connectivity index (χ1n) is 6.33. The molecular weight excluding hydrogens is 228 g/mol. The Balaban J connectivity index is 2.12. The van der Waals surface area contributed by atoms with Crippen LogP contribution in [0.5, 0.6) is 0 Å². The normalized spacial score (nSPS) is 23.5. The third kappa shape index (κ3) is 3.24. The van der Waals surface area contributed by atoms with E-state index in [-0.39, 0.29) is 0 Å². The number of hydrogen-bond donors (Lipinski definition) is 1. The van der Waals surface area contributed by atoms with Crippen molar-refractivity contribution in [1.82, 2.24) is 10.2 Å². The van der Waals surface area contributed by atoms with Crippen LogP contribution in [0, 0.1) is 0 Å². The van der Waals surface area contributed by atoms with Gasteiger partial charge < -0.3 is 5.32 Å². The Bertz CT molecular complexity index is 328. The number of hydrogen-bond acceptors (Lipinski definition) is 3. The van der Waals surface area contributed by atoms with Gasteiger partial charge >= 0.3 is 0 Å². The summed E-state index contributed by atoms with van der Waals surface area (Å²) >= 11 is 1.94. The van der Waals surface area contributed by atoms with Gasteiger partial charge in [-0.1, -0.05) is 30.3 Å². The summed E-state index contributed by atoms with van der Waals surface area (Å²) in [6.45, 7) is 5.68. The third-order valence-corrected chi connectivity index (χ3v) is 4.26. The highest BCUT2D eigenvalue weighted by molar-refractivity contribution is 7.98. The molecule has 0 aliphatic carbocycles. The van der Waals surface area contributed by atoms with Gasteiger partial charge in [0.2, 0.25) is 0 Å². The van der Waals surface area contributed by atoms with Crippen LogP contribution in [0.15, 0.2) is 30.3 Å². The highest BCUT2D eigenvalue weighted by atomic mass is 32.2. The van der Waals surface area contributed by atoms with Crippen LogP contribution >= 0.6 is 11.8 Å². The zero-order valence-electron chi connectivity index (χ0n) is 10.7. The molecule has 0 spiro atoms. The number of benzene rings is 1. The van der Waals surface area contributed by atoms with Gasteiger partial charge in [0.15, 0.2) is 0 Å². The lowest BCUT2D eigenvalue weighted by atomic mass is 10.0. The quantitative estimate of drug-likeness (QED) is 0.883. The zero-order chi connectivity index (χ0) is 12.1. The summed E-state index contributed by atoms with van der Waals surface area (Å²) in [6, 6.07) is 12.1. The van der Waals surface area contributed by atoms with Gasteiger partial charge in [-0.3, -0.25) is 4.90 Å². The molecule has 1 saturated heterocycles. The number of nitrogens with one attached hydrogen (secondary N) is 1. The van der Waals surface area contributed by atoms with Gasteiger partial charge in [0, 0.05) is 37.5 Å². The lowest BCUT2D eigenvalue weighted by Crippen LogP contribution is -2.50. The minimum atomic E-state index is 0.534. The number of thioether (sulfide) groups is 1. The topological polar surface area (TPSA) is 15.3 Å². The molecular formula is C14H22N2S. The Labute approximate surface area is 109 Å². The van der Waals surface area contributed by atoms with E-state index >= 15 is 0 Å². The van der Waals surface area contributed by atoms with Crippen molar-refractivity contribution in [1.29, 1.82) is 0 Å². The van der Waals surface area contributed by atoms with E-state index in [4.69, 9.17) is 0 Å². The molecule has 94 valence electrons. The number of rotatable bonds is 4. The first-order valence-corrected chi connectivity index (χ1v) is 7.72. The molecule has 1 aliphatic heterocycles. The number of piperazine rings is 1. The van der Waals surface area contributed by atoms with E-state index in [0.29, 0.717) is 12.1 Å². The van der Waals surface area contributed by atoms with Crippen molar-refractivity contribution >= 4 is 11.8 Å². The standard InChI is InChI=1S/C14H22N2S/c1-12(11-17-2)16-9-8-15-10-14(16)13-6-4-3-5-7-13/h3-7,12,14-15H,8-11H2,1-2H3. The first kappa shape index (κ1) is 12.9. The Kier molecular flexibility index (Phi) is 4.89. The van der Waals surface area contributed by atoms with E-state index in [9.17, 15) is 0 Å². The van der Waals surface area contributed by atoms with Crippen molar-refractivity contribution < 1.29 is 0 Å². The van der Waals surface area contributed by atoms with Crippen molar-refractivity contribution in [2.75, 3.05) is 31.6 Å². The van der Waals surface area contributed by atoms with Crippen molar-refractivity contribution in [3.8, 4) is 0 Å². The molecule has 0 amide bonds. The smallest absolute Gasteiger partial charge is 0.0476 e. The van der Waals surface area contributed by atoms with Crippen molar-refractivity contribution in [2.45, 2.75) is 19.0 Å². The van der Waals surface area contributed by atoms with Gasteiger partial charge in [-0.2, -0.15) is 11.8 Å². The molecule has 0 saturated carbocycles. The van der Waals surface area contributed by atoms with Crippen LogP contribution in [0.3, 0.4) is 0 Å². The van der Waals surface area contributed by atoms with Crippen LogP contribution in [-0.4, -0.2) is 42.6 Å². The predicted octanol–water partition coefficient (Wildman–Crippen LogP) is 2.38. The van der Waals surface area contributed by atoms with E-state index in [2.05, 4.69) is 53.7 Å². The van der Waals surface area contributed by atoms with Crippen molar-refractivity contribution in [3.63, 3.8) is 0 Å². The van der Waals surface area contributed by atoms with Crippen LogP contribution in [0.1, 0.15) is 18.5 Å². The summed E-state index contributed by atoms with van der Waals surface area (Å²) in [6.07, 6.45) is 2.19. The molecule has 2 rings (SSSR count). The average Bonchev–Trinajstić information content (AvgIpc) is 2.40. The average molecular weight is 250 g/mol. The highest BCUT2D eigenvalue weighted by Gasteiger charge is 2.26. The summed E-state index contributed by atoms with van der Waals surface area (Å²) in [5.74, 6) is 1.21. The molecule has 0 radical (unpaired) electrons. The Morgan fingerprint density at radius 2 is 2.18 bits per heavy atom. The molecule has 17 heavy (non-hydrogen) atoms. The summed E-state index contributed by atoms with van der Waals surface area (Å²) in [7, 11) is 0. The van der Waals surface area contributed by atoms with Crippen LogP contribution in [-0.2, 0) is 0 Å². The second-order valence-corrected chi connectivity index (χ2v) is 5.58. The maximum atomic E-state index is 3.51. The largest absolute Gasteiger partial charge is 0.314 e. The maximum Gasteiger partial charge on any atom is 0.0476 e. The van der Waals surface area contributed by atoms with Crippen LogP contribution in [0.2, 0.25) is 0 Å². The molecule has 2 unspecified atom stereocenters. The molecule has 2 atom stereocenters.